The smallest absolute Gasteiger partial charge is 0.243 e. The highest BCUT2D eigenvalue weighted by Gasteiger charge is 2.26. The van der Waals surface area contributed by atoms with Gasteiger partial charge in [0, 0.05) is 18.8 Å². The summed E-state index contributed by atoms with van der Waals surface area (Å²) in [5.41, 5.74) is 0.578. The summed E-state index contributed by atoms with van der Waals surface area (Å²) in [5.74, 6) is 0.796. The molecule has 2 aromatic rings. The Balaban J connectivity index is 1.35. The van der Waals surface area contributed by atoms with Crippen LogP contribution < -0.4 is 10.1 Å². The predicted molar refractivity (Wildman–Crippen MR) is 116 cm³/mol. The Morgan fingerprint density at radius 1 is 1.10 bits per heavy atom. The van der Waals surface area contributed by atoms with Crippen LogP contribution in [0.3, 0.4) is 0 Å². The highest BCUT2D eigenvalue weighted by atomic mass is 32.2. The van der Waals surface area contributed by atoms with Crippen LogP contribution in [0.25, 0.3) is 0 Å². The van der Waals surface area contributed by atoms with E-state index in [2.05, 4.69) is 5.32 Å². The van der Waals surface area contributed by atoms with Crippen molar-refractivity contribution >= 4 is 27.7 Å². The van der Waals surface area contributed by atoms with Crippen LogP contribution in [0.2, 0.25) is 0 Å². The van der Waals surface area contributed by atoms with Gasteiger partial charge >= 0.3 is 0 Å². The van der Waals surface area contributed by atoms with E-state index in [4.69, 9.17) is 4.74 Å². The van der Waals surface area contributed by atoms with Crippen molar-refractivity contribution in [2.45, 2.75) is 23.5 Å². The van der Waals surface area contributed by atoms with E-state index in [0.717, 1.165) is 12.8 Å². The van der Waals surface area contributed by atoms with Crippen LogP contribution in [0, 0.1) is 5.82 Å². The molecule has 0 aromatic heterocycles. The van der Waals surface area contributed by atoms with Crippen molar-refractivity contribution in [2.75, 3.05) is 32.0 Å². The van der Waals surface area contributed by atoms with E-state index in [9.17, 15) is 17.6 Å². The first kappa shape index (κ1) is 22.6. The second-order valence-corrected chi connectivity index (χ2v) is 9.79. The molecule has 1 heterocycles. The van der Waals surface area contributed by atoms with Crippen LogP contribution >= 0.6 is 11.8 Å². The van der Waals surface area contributed by atoms with E-state index >= 15 is 0 Å². The number of rotatable bonds is 10. The lowest BCUT2D eigenvalue weighted by Crippen LogP contribution is -2.29. The summed E-state index contributed by atoms with van der Waals surface area (Å²) in [7, 11) is -3.43. The molecule has 162 valence electrons. The summed E-state index contributed by atoms with van der Waals surface area (Å²) in [6, 6.07) is 12.8. The van der Waals surface area contributed by atoms with E-state index in [0.29, 0.717) is 36.7 Å². The van der Waals surface area contributed by atoms with Crippen molar-refractivity contribution in [3.8, 4) is 5.75 Å². The summed E-state index contributed by atoms with van der Waals surface area (Å²) >= 11 is 1.34. The molecule has 1 amide bonds. The molecular weight excluding hydrogens is 427 g/mol. The van der Waals surface area contributed by atoms with E-state index in [-0.39, 0.29) is 29.0 Å². The number of carbonyl (C=O) groups is 1. The number of nitrogens with zero attached hydrogens (tertiary/aromatic N) is 1. The molecule has 6 nitrogen and oxygen atoms in total. The van der Waals surface area contributed by atoms with Gasteiger partial charge in [-0.05, 0) is 48.7 Å². The summed E-state index contributed by atoms with van der Waals surface area (Å²) in [6.45, 7) is 1.73. The average molecular weight is 453 g/mol. The van der Waals surface area contributed by atoms with Gasteiger partial charge in [-0.15, -0.1) is 11.8 Å². The fourth-order valence-corrected chi connectivity index (χ4v) is 5.43. The Morgan fingerprint density at radius 2 is 1.80 bits per heavy atom. The fourth-order valence-electron chi connectivity index (χ4n) is 3.06. The zero-order valence-electron chi connectivity index (χ0n) is 16.6. The molecule has 2 aromatic carbocycles. The third-order valence-electron chi connectivity index (χ3n) is 4.67. The van der Waals surface area contributed by atoms with Crippen LogP contribution in [0.5, 0.6) is 5.75 Å². The van der Waals surface area contributed by atoms with Crippen molar-refractivity contribution in [1.29, 1.82) is 0 Å². The topological polar surface area (TPSA) is 75.7 Å². The number of amides is 1. The second-order valence-electron chi connectivity index (χ2n) is 6.87. The molecule has 0 atom stereocenters. The van der Waals surface area contributed by atoms with Crippen LogP contribution in [0.1, 0.15) is 18.4 Å². The maximum Gasteiger partial charge on any atom is 0.243 e. The zero-order valence-corrected chi connectivity index (χ0v) is 18.2. The third kappa shape index (κ3) is 6.20. The van der Waals surface area contributed by atoms with E-state index in [1.165, 1.54) is 22.1 Å². The van der Waals surface area contributed by atoms with Crippen LogP contribution in [0.4, 0.5) is 4.39 Å². The molecule has 30 heavy (non-hydrogen) atoms. The molecule has 0 unspecified atom stereocenters. The molecule has 0 aliphatic carbocycles. The van der Waals surface area contributed by atoms with Crippen molar-refractivity contribution in [1.82, 2.24) is 9.62 Å². The van der Waals surface area contributed by atoms with Gasteiger partial charge in [0.1, 0.15) is 18.2 Å². The quantitative estimate of drug-likeness (QED) is 0.561. The number of hydrogen-bond donors (Lipinski definition) is 1. The molecule has 1 N–H and O–H groups in total. The minimum atomic E-state index is -3.43. The number of ether oxygens (including phenoxy) is 1. The molecule has 1 fully saturated rings. The number of halogens is 1. The first-order valence-corrected chi connectivity index (χ1v) is 12.4. The van der Waals surface area contributed by atoms with Gasteiger partial charge in [0.25, 0.3) is 0 Å². The monoisotopic (exact) mass is 452 g/mol. The molecule has 1 saturated heterocycles. The molecule has 1 aliphatic rings. The number of benzene rings is 2. The van der Waals surface area contributed by atoms with Crippen LogP contribution in [-0.4, -0.2) is 50.6 Å². The molecule has 0 saturated carbocycles. The highest BCUT2D eigenvalue weighted by molar-refractivity contribution is 7.99. The molecule has 0 spiro atoms. The minimum absolute atomic E-state index is 0.146. The van der Waals surface area contributed by atoms with Crippen molar-refractivity contribution < 1.29 is 22.3 Å². The summed E-state index contributed by atoms with van der Waals surface area (Å²) in [4.78, 5) is 12.1. The number of nitrogens with one attached hydrogen (secondary N) is 1. The highest BCUT2D eigenvalue weighted by Crippen LogP contribution is 2.22. The van der Waals surface area contributed by atoms with Gasteiger partial charge in [0.05, 0.1) is 17.2 Å². The number of sulfonamides is 1. The third-order valence-corrected chi connectivity index (χ3v) is 7.56. The number of hydrogen-bond acceptors (Lipinski definition) is 5. The average Bonchev–Trinajstić information content (AvgIpc) is 3.29. The molecule has 0 radical (unpaired) electrons. The fraction of sp³-hybridized carbons (Fsp3) is 0.381. The predicted octanol–water partition coefficient (Wildman–Crippen LogP) is 3.04. The molecular formula is C21H25FN2O4S2. The standard InChI is InChI=1S/C21H25FN2O4S2/c22-20-6-2-1-5-17(20)15-29-16-21(25)23-11-14-28-18-7-9-19(10-8-18)30(26,27)24-12-3-4-13-24/h1-2,5-10H,3-4,11-16H2,(H,23,25). The molecule has 0 bridgehead atoms. The van der Waals surface area contributed by atoms with Crippen molar-refractivity contribution in [2.24, 2.45) is 0 Å². The maximum absolute atomic E-state index is 13.5. The number of thioether (sulfide) groups is 1. The number of carbonyl (C=O) groups excluding carboxylic acids is 1. The molecule has 3 rings (SSSR count). The van der Waals surface area contributed by atoms with Crippen LogP contribution in [0.15, 0.2) is 53.4 Å². The summed E-state index contributed by atoms with van der Waals surface area (Å²) < 4.78 is 45.6. The lowest BCUT2D eigenvalue weighted by Gasteiger charge is -2.15. The van der Waals surface area contributed by atoms with Gasteiger partial charge in [-0.3, -0.25) is 4.79 Å². The van der Waals surface area contributed by atoms with Gasteiger partial charge < -0.3 is 10.1 Å². The lowest BCUT2D eigenvalue weighted by atomic mass is 10.2. The normalized spacial score (nSPS) is 14.6. The largest absolute Gasteiger partial charge is 0.492 e. The van der Waals surface area contributed by atoms with E-state index in [1.807, 2.05) is 0 Å². The maximum atomic E-state index is 13.5. The molecule has 1 aliphatic heterocycles. The Morgan fingerprint density at radius 3 is 2.50 bits per heavy atom. The Labute approximate surface area is 180 Å². The van der Waals surface area contributed by atoms with E-state index in [1.54, 1.807) is 42.5 Å². The lowest BCUT2D eigenvalue weighted by molar-refractivity contribution is -0.118. The van der Waals surface area contributed by atoms with Crippen LogP contribution in [-0.2, 0) is 20.6 Å². The SMILES string of the molecule is O=C(CSCc1ccccc1F)NCCOc1ccc(S(=O)(=O)N2CCCC2)cc1. The Kier molecular flexibility index (Phi) is 8.12. The summed E-state index contributed by atoms with van der Waals surface area (Å²) in [5, 5.41) is 2.75. The Bertz CT molecular complexity index is 946. The van der Waals surface area contributed by atoms with Gasteiger partial charge in [0.2, 0.25) is 15.9 Å². The first-order valence-electron chi connectivity index (χ1n) is 9.78. The zero-order chi connectivity index (χ0) is 21.4. The van der Waals surface area contributed by atoms with Crippen molar-refractivity contribution in [3.63, 3.8) is 0 Å². The molecule has 9 heteroatoms. The first-order chi connectivity index (χ1) is 14.5. The van der Waals surface area contributed by atoms with Gasteiger partial charge in [0.15, 0.2) is 0 Å². The van der Waals surface area contributed by atoms with E-state index < -0.39 is 10.0 Å². The van der Waals surface area contributed by atoms with Crippen molar-refractivity contribution in [3.05, 3.63) is 59.9 Å². The van der Waals surface area contributed by atoms with Gasteiger partial charge in [-0.2, -0.15) is 4.31 Å². The van der Waals surface area contributed by atoms with Gasteiger partial charge in [-0.25, -0.2) is 12.8 Å². The Hall–Kier alpha value is -2.10. The second kappa shape index (κ2) is 10.8. The summed E-state index contributed by atoms with van der Waals surface area (Å²) in [6.07, 6.45) is 1.79. The minimum Gasteiger partial charge on any atom is -0.492 e. The van der Waals surface area contributed by atoms with Gasteiger partial charge in [-0.1, -0.05) is 18.2 Å².